The van der Waals surface area contributed by atoms with Gasteiger partial charge in [-0.05, 0) is 36.6 Å². The summed E-state index contributed by atoms with van der Waals surface area (Å²) in [6.07, 6.45) is 6.04. The van der Waals surface area contributed by atoms with Crippen molar-refractivity contribution in [2.45, 2.75) is 45.6 Å². The Hall–Kier alpha value is -2.30. The van der Waals surface area contributed by atoms with Crippen LogP contribution in [0.5, 0.6) is 5.75 Å². The summed E-state index contributed by atoms with van der Waals surface area (Å²) >= 11 is 0. The van der Waals surface area contributed by atoms with Gasteiger partial charge in [0.25, 0.3) is 0 Å². The minimum atomic E-state index is -1.00. The molecule has 0 aliphatic carbocycles. The van der Waals surface area contributed by atoms with Crippen molar-refractivity contribution < 1.29 is 19.4 Å². The molecule has 0 heterocycles. The minimum absolute atomic E-state index is 0.403. The van der Waals surface area contributed by atoms with E-state index in [1.54, 1.807) is 6.08 Å². The highest BCUT2D eigenvalue weighted by Crippen LogP contribution is 2.13. The topological polar surface area (TPSA) is 75.6 Å². The Bertz CT molecular complexity index is 522. The van der Waals surface area contributed by atoms with E-state index < -0.39 is 17.9 Å². The first-order valence-electron chi connectivity index (χ1n) is 8.01. The molecule has 0 fully saturated rings. The van der Waals surface area contributed by atoms with Crippen molar-refractivity contribution in [2.75, 3.05) is 6.61 Å². The van der Waals surface area contributed by atoms with Crippen molar-refractivity contribution in [3.8, 4) is 5.75 Å². The second-order valence-corrected chi connectivity index (χ2v) is 5.29. The number of benzene rings is 1. The molecule has 0 bridgehead atoms. The van der Waals surface area contributed by atoms with Crippen LogP contribution >= 0.6 is 0 Å². The van der Waals surface area contributed by atoms with E-state index in [2.05, 4.69) is 5.32 Å². The van der Waals surface area contributed by atoms with Crippen molar-refractivity contribution in [1.29, 1.82) is 0 Å². The fourth-order valence-corrected chi connectivity index (χ4v) is 1.95. The van der Waals surface area contributed by atoms with Crippen LogP contribution in [0.25, 0.3) is 6.08 Å². The third-order valence-electron chi connectivity index (χ3n) is 3.24. The van der Waals surface area contributed by atoms with Gasteiger partial charge in [0.1, 0.15) is 11.8 Å². The fourth-order valence-electron chi connectivity index (χ4n) is 1.95. The largest absolute Gasteiger partial charge is 0.494 e. The number of amides is 1. The molecule has 0 saturated carbocycles. The van der Waals surface area contributed by atoms with Gasteiger partial charge >= 0.3 is 5.97 Å². The molecule has 0 saturated heterocycles. The fraction of sp³-hybridized carbons (Fsp3) is 0.444. The van der Waals surface area contributed by atoms with Crippen LogP contribution in [0.15, 0.2) is 30.3 Å². The molecule has 1 aromatic carbocycles. The Morgan fingerprint density at radius 1 is 1.22 bits per heavy atom. The summed E-state index contributed by atoms with van der Waals surface area (Å²) in [7, 11) is 0. The smallest absolute Gasteiger partial charge is 0.326 e. The van der Waals surface area contributed by atoms with Gasteiger partial charge in [0.2, 0.25) is 5.91 Å². The summed E-state index contributed by atoms with van der Waals surface area (Å²) < 4.78 is 5.48. The van der Waals surface area contributed by atoms with Crippen LogP contribution in [0.1, 0.15) is 45.1 Å². The Morgan fingerprint density at radius 2 is 1.91 bits per heavy atom. The molecule has 0 aliphatic heterocycles. The molecule has 0 radical (unpaired) electrons. The lowest BCUT2D eigenvalue weighted by atomic mass is 10.1. The van der Waals surface area contributed by atoms with E-state index >= 15 is 0 Å². The zero-order chi connectivity index (χ0) is 17.1. The molecular weight excluding hydrogens is 294 g/mol. The van der Waals surface area contributed by atoms with E-state index in [1.807, 2.05) is 38.1 Å². The van der Waals surface area contributed by atoms with Crippen molar-refractivity contribution in [3.05, 3.63) is 35.9 Å². The highest BCUT2D eigenvalue weighted by Gasteiger charge is 2.17. The lowest BCUT2D eigenvalue weighted by molar-refractivity contribution is -0.141. The number of unbranched alkanes of at least 4 members (excludes halogenated alkanes) is 1. The number of nitrogens with one attached hydrogen (secondary N) is 1. The molecule has 1 amide bonds. The van der Waals surface area contributed by atoms with E-state index in [0.29, 0.717) is 13.0 Å². The molecule has 23 heavy (non-hydrogen) atoms. The number of carbonyl (C=O) groups is 2. The summed E-state index contributed by atoms with van der Waals surface area (Å²) in [6, 6.07) is 6.54. The first-order valence-corrected chi connectivity index (χ1v) is 8.01. The third-order valence-corrected chi connectivity index (χ3v) is 3.24. The number of rotatable bonds is 10. The average Bonchev–Trinajstić information content (AvgIpc) is 2.55. The van der Waals surface area contributed by atoms with Crippen molar-refractivity contribution >= 4 is 18.0 Å². The summed E-state index contributed by atoms with van der Waals surface area (Å²) in [5.41, 5.74) is 0.851. The number of aliphatic carboxylic acids is 1. The van der Waals surface area contributed by atoms with E-state index in [9.17, 15) is 9.59 Å². The molecular formula is C18H25NO4. The van der Waals surface area contributed by atoms with Crippen LogP contribution in [0.4, 0.5) is 0 Å². The zero-order valence-electron chi connectivity index (χ0n) is 13.7. The van der Waals surface area contributed by atoms with E-state index in [1.165, 1.54) is 6.08 Å². The van der Waals surface area contributed by atoms with Gasteiger partial charge in [-0.2, -0.15) is 0 Å². The Balaban J connectivity index is 2.54. The second kappa shape index (κ2) is 10.4. The van der Waals surface area contributed by atoms with Crippen LogP contribution in [-0.2, 0) is 9.59 Å². The molecule has 1 aromatic rings. The Morgan fingerprint density at radius 3 is 2.48 bits per heavy atom. The highest BCUT2D eigenvalue weighted by atomic mass is 16.5. The van der Waals surface area contributed by atoms with Crippen molar-refractivity contribution in [1.82, 2.24) is 5.32 Å². The molecule has 1 atom stereocenters. The molecule has 5 nitrogen and oxygen atoms in total. The van der Waals surface area contributed by atoms with Crippen LogP contribution in [0, 0.1) is 0 Å². The number of hydrogen-bond donors (Lipinski definition) is 2. The predicted molar refractivity (Wildman–Crippen MR) is 90.4 cm³/mol. The third kappa shape index (κ3) is 7.49. The van der Waals surface area contributed by atoms with Gasteiger partial charge in [0.05, 0.1) is 6.61 Å². The van der Waals surface area contributed by atoms with E-state index in [0.717, 1.165) is 30.6 Å². The first kappa shape index (κ1) is 18.7. The van der Waals surface area contributed by atoms with Gasteiger partial charge < -0.3 is 15.2 Å². The molecule has 126 valence electrons. The number of carboxylic acid groups (broad SMARTS) is 1. The minimum Gasteiger partial charge on any atom is -0.494 e. The van der Waals surface area contributed by atoms with Gasteiger partial charge in [-0.1, -0.05) is 38.8 Å². The lowest BCUT2D eigenvalue weighted by Crippen LogP contribution is -2.39. The summed E-state index contributed by atoms with van der Waals surface area (Å²) in [5, 5.41) is 11.6. The summed E-state index contributed by atoms with van der Waals surface area (Å²) in [4.78, 5) is 22.9. The molecule has 2 N–H and O–H groups in total. The molecule has 0 aromatic heterocycles. The highest BCUT2D eigenvalue weighted by molar-refractivity contribution is 5.94. The number of hydrogen-bond acceptors (Lipinski definition) is 3. The summed E-state index contributed by atoms with van der Waals surface area (Å²) in [5.74, 6) is -0.614. The quantitative estimate of drug-likeness (QED) is 0.649. The van der Waals surface area contributed by atoms with Crippen LogP contribution in [0.2, 0.25) is 0 Å². The van der Waals surface area contributed by atoms with E-state index in [4.69, 9.17) is 9.84 Å². The molecule has 0 aliphatic rings. The van der Waals surface area contributed by atoms with E-state index in [-0.39, 0.29) is 0 Å². The van der Waals surface area contributed by atoms with Crippen molar-refractivity contribution in [3.63, 3.8) is 0 Å². The predicted octanol–water partition coefficient (Wildman–Crippen LogP) is 3.25. The van der Waals surface area contributed by atoms with Gasteiger partial charge in [-0.15, -0.1) is 0 Å². The van der Waals surface area contributed by atoms with Crippen LogP contribution < -0.4 is 10.1 Å². The molecule has 5 heteroatoms. The maximum Gasteiger partial charge on any atom is 0.326 e. The second-order valence-electron chi connectivity index (χ2n) is 5.29. The number of carbonyl (C=O) groups excluding carboxylic acids is 1. The number of ether oxygens (including phenoxy) is 1. The number of carboxylic acids is 1. The SMILES string of the molecule is CCCCC(NC(=O)/C=C/c1ccc(OCCC)cc1)C(=O)O. The van der Waals surface area contributed by atoms with Gasteiger partial charge in [-0.3, -0.25) is 4.79 Å². The average molecular weight is 319 g/mol. The normalized spacial score (nSPS) is 12.1. The van der Waals surface area contributed by atoms with Crippen LogP contribution in [0.3, 0.4) is 0 Å². The molecule has 1 rings (SSSR count). The maximum absolute atomic E-state index is 11.8. The van der Waals surface area contributed by atoms with Crippen molar-refractivity contribution in [2.24, 2.45) is 0 Å². The maximum atomic E-state index is 11.8. The van der Waals surface area contributed by atoms with Gasteiger partial charge in [0.15, 0.2) is 0 Å². The van der Waals surface area contributed by atoms with Crippen LogP contribution in [-0.4, -0.2) is 29.6 Å². The summed E-state index contributed by atoms with van der Waals surface area (Å²) in [6.45, 7) is 4.70. The lowest BCUT2D eigenvalue weighted by Gasteiger charge is -2.12. The molecule has 0 spiro atoms. The van der Waals surface area contributed by atoms with Gasteiger partial charge in [-0.25, -0.2) is 4.79 Å². The standard InChI is InChI=1S/C18H25NO4/c1-3-5-6-16(18(21)22)19-17(20)12-9-14-7-10-15(11-8-14)23-13-4-2/h7-12,16H,3-6,13H2,1-2H3,(H,19,20)(H,21,22)/b12-9+. The first-order chi connectivity index (χ1) is 11.1. The Labute approximate surface area is 137 Å². The molecule has 1 unspecified atom stereocenters. The zero-order valence-corrected chi connectivity index (χ0v) is 13.7. The monoisotopic (exact) mass is 319 g/mol. The Kier molecular flexibility index (Phi) is 8.50. The van der Waals surface area contributed by atoms with Gasteiger partial charge in [0, 0.05) is 6.08 Å².